The van der Waals surface area contributed by atoms with E-state index in [0.717, 1.165) is 0 Å². The van der Waals surface area contributed by atoms with E-state index in [0.29, 0.717) is 0 Å². The van der Waals surface area contributed by atoms with Crippen molar-refractivity contribution in [2.45, 2.75) is 290 Å². The Morgan fingerprint density at radius 2 is 0.365 bits per heavy atom. The molecule has 0 bridgehead atoms. The van der Waals surface area contributed by atoms with Crippen LogP contribution >= 0.6 is 0 Å². The van der Waals surface area contributed by atoms with Gasteiger partial charge < -0.3 is 14.7 Å². The van der Waals surface area contributed by atoms with Gasteiger partial charge in [-0.15, -0.1) is 0 Å². The second-order valence-electron chi connectivity index (χ2n) is 20.3. The second-order valence-corrected chi connectivity index (χ2v) is 20.3. The van der Waals surface area contributed by atoms with Gasteiger partial charge in [-0.1, -0.05) is 231 Å². The first-order valence-corrected chi connectivity index (χ1v) is 29.4. The van der Waals surface area contributed by atoms with E-state index >= 15 is 0 Å². The van der Waals surface area contributed by atoms with Crippen molar-refractivity contribution in [3.63, 3.8) is 0 Å². The molecular formula is C60H117N3. The largest absolute Gasteiger partial charge is 0.301 e. The highest BCUT2D eigenvalue weighted by Crippen LogP contribution is 2.15. The van der Waals surface area contributed by atoms with Crippen LogP contribution in [0.3, 0.4) is 0 Å². The van der Waals surface area contributed by atoms with E-state index in [9.17, 15) is 0 Å². The summed E-state index contributed by atoms with van der Waals surface area (Å²) in [5, 5.41) is 0. The quantitative estimate of drug-likeness (QED) is 0.0445. The van der Waals surface area contributed by atoms with Crippen LogP contribution < -0.4 is 0 Å². The number of allylic oxidation sites excluding steroid dienone is 6. The van der Waals surface area contributed by atoms with E-state index in [2.05, 4.69) is 71.9 Å². The summed E-state index contributed by atoms with van der Waals surface area (Å²) in [5.74, 6) is 0. The van der Waals surface area contributed by atoms with Crippen LogP contribution in [0.15, 0.2) is 36.5 Å². The van der Waals surface area contributed by atoms with Gasteiger partial charge in [0, 0.05) is 39.3 Å². The van der Waals surface area contributed by atoms with Gasteiger partial charge in [-0.2, -0.15) is 0 Å². The zero-order valence-electron chi connectivity index (χ0n) is 43.9. The molecule has 0 aromatic rings. The van der Waals surface area contributed by atoms with Crippen molar-refractivity contribution in [3.8, 4) is 0 Å². The van der Waals surface area contributed by atoms with Crippen molar-refractivity contribution in [1.82, 2.24) is 14.7 Å². The van der Waals surface area contributed by atoms with Gasteiger partial charge >= 0.3 is 0 Å². The Morgan fingerprint density at radius 3 is 0.556 bits per heavy atom. The SMILES string of the molecule is CCCCCCCCC=CCCCCCCCCN1CCN(CCCCCCCCC=CCCCCCCCC)CCN(CCCCCCCCC=CCCCCCCCC)CC1. The Kier molecular flexibility index (Phi) is 49.7. The van der Waals surface area contributed by atoms with Gasteiger partial charge in [0.1, 0.15) is 0 Å². The summed E-state index contributed by atoms with van der Waals surface area (Å²) in [4.78, 5) is 8.55. The third kappa shape index (κ3) is 46.0. The van der Waals surface area contributed by atoms with Crippen molar-refractivity contribution >= 4 is 0 Å². The summed E-state index contributed by atoms with van der Waals surface area (Å²) in [7, 11) is 0. The van der Waals surface area contributed by atoms with Crippen LogP contribution in [-0.2, 0) is 0 Å². The van der Waals surface area contributed by atoms with Gasteiger partial charge in [0.05, 0.1) is 0 Å². The number of rotatable bonds is 48. The fraction of sp³-hybridized carbons (Fsp3) is 0.900. The van der Waals surface area contributed by atoms with E-state index in [4.69, 9.17) is 0 Å². The third-order valence-electron chi connectivity index (χ3n) is 14.2. The highest BCUT2D eigenvalue weighted by atomic mass is 15.3. The molecule has 0 aromatic heterocycles. The molecule has 0 aromatic carbocycles. The highest BCUT2D eigenvalue weighted by molar-refractivity contribution is 4.83. The average molecular weight is 881 g/mol. The van der Waals surface area contributed by atoms with Crippen LogP contribution in [0.4, 0.5) is 0 Å². The molecule has 1 rings (SSSR count). The highest BCUT2D eigenvalue weighted by Gasteiger charge is 2.16. The maximum atomic E-state index is 2.85. The summed E-state index contributed by atoms with van der Waals surface area (Å²) < 4.78 is 0. The standard InChI is InChI=1S/C60H117N3/c1-4-7-10-13-16-19-22-25-28-31-34-37-40-43-46-49-52-61-55-57-62(53-50-47-44-41-38-35-32-29-26-23-20-17-14-11-8-5-2)59-60-63(58-56-61)54-51-48-45-42-39-36-33-30-27-24-21-18-15-12-9-6-3/h25-30H,4-24,31-60H2,1-3H3. The second kappa shape index (κ2) is 52.1. The Bertz CT molecular complexity index is 809. The van der Waals surface area contributed by atoms with E-state index in [1.54, 1.807) is 0 Å². The summed E-state index contributed by atoms with van der Waals surface area (Å²) in [6, 6.07) is 0. The van der Waals surface area contributed by atoms with E-state index in [1.807, 2.05) is 0 Å². The molecule has 0 amide bonds. The molecule has 1 saturated heterocycles. The lowest BCUT2D eigenvalue weighted by atomic mass is 10.1. The van der Waals surface area contributed by atoms with Crippen molar-refractivity contribution in [2.75, 3.05) is 58.9 Å². The predicted octanol–water partition coefficient (Wildman–Crippen LogP) is 19.0. The van der Waals surface area contributed by atoms with Crippen molar-refractivity contribution in [2.24, 2.45) is 0 Å². The van der Waals surface area contributed by atoms with Gasteiger partial charge in [0.15, 0.2) is 0 Å². The number of unbranched alkanes of at least 4 members (excludes halogenated alkanes) is 36. The maximum absolute atomic E-state index is 2.85. The lowest BCUT2D eigenvalue weighted by Gasteiger charge is -2.25. The fourth-order valence-electron chi connectivity index (χ4n) is 9.60. The first kappa shape index (κ1) is 60.1. The third-order valence-corrected chi connectivity index (χ3v) is 14.2. The molecule has 0 atom stereocenters. The van der Waals surface area contributed by atoms with Crippen molar-refractivity contribution in [1.29, 1.82) is 0 Å². The van der Waals surface area contributed by atoms with Gasteiger partial charge in [-0.05, 0) is 116 Å². The Morgan fingerprint density at radius 1 is 0.206 bits per heavy atom. The molecule has 1 aliphatic heterocycles. The monoisotopic (exact) mass is 880 g/mol. The average Bonchev–Trinajstić information content (AvgIpc) is 3.39. The molecule has 1 aliphatic rings. The van der Waals surface area contributed by atoms with Gasteiger partial charge in [-0.3, -0.25) is 0 Å². The summed E-state index contributed by atoms with van der Waals surface area (Å²) in [6.45, 7) is 18.5. The van der Waals surface area contributed by atoms with Crippen LogP contribution in [0.25, 0.3) is 0 Å². The lowest BCUT2D eigenvalue weighted by Crippen LogP contribution is -2.37. The molecule has 0 unspecified atom stereocenters. The first-order chi connectivity index (χ1) is 31.3. The van der Waals surface area contributed by atoms with Crippen LogP contribution in [0.5, 0.6) is 0 Å². The van der Waals surface area contributed by atoms with Crippen molar-refractivity contribution < 1.29 is 0 Å². The number of hydrogen-bond donors (Lipinski definition) is 0. The van der Waals surface area contributed by atoms with Crippen LogP contribution in [0.2, 0.25) is 0 Å². The van der Waals surface area contributed by atoms with Crippen LogP contribution in [-0.4, -0.2) is 73.6 Å². The molecule has 3 nitrogen and oxygen atoms in total. The zero-order valence-corrected chi connectivity index (χ0v) is 43.9. The van der Waals surface area contributed by atoms with Gasteiger partial charge in [-0.25, -0.2) is 0 Å². The van der Waals surface area contributed by atoms with Crippen molar-refractivity contribution in [3.05, 3.63) is 36.5 Å². The number of nitrogens with zero attached hydrogens (tertiary/aromatic N) is 3. The fourth-order valence-corrected chi connectivity index (χ4v) is 9.60. The minimum atomic E-state index is 1.28. The molecule has 0 aliphatic carbocycles. The minimum absolute atomic E-state index is 1.28. The van der Waals surface area contributed by atoms with Crippen LogP contribution in [0.1, 0.15) is 290 Å². The van der Waals surface area contributed by atoms with Gasteiger partial charge in [0.25, 0.3) is 0 Å². The Labute approximate surface area is 398 Å². The molecule has 0 radical (unpaired) electrons. The summed E-state index contributed by atoms with van der Waals surface area (Å²) in [5.41, 5.74) is 0. The molecule has 0 saturated carbocycles. The smallest absolute Gasteiger partial charge is 0.0110 e. The van der Waals surface area contributed by atoms with E-state index in [1.165, 1.54) is 329 Å². The molecule has 1 fully saturated rings. The Balaban J connectivity index is 2.31. The topological polar surface area (TPSA) is 9.72 Å². The molecule has 1 heterocycles. The molecule has 0 N–H and O–H groups in total. The summed E-state index contributed by atoms with van der Waals surface area (Å²) >= 11 is 0. The number of hydrogen-bond acceptors (Lipinski definition) is 3. The molecule has 0 spiro atoms. The Hall–Kier alpha value is -0.900. The zero-order chi connectivity index (χ0) is 45.0. The summed E-state index contributed by atoms with van der Waals surface area (Å²) in [6.07, 6.45) is 73.4. The molecular weight excluding hydrogens is 763 g/mol. The molecule has 3 heteroatoms. The van der Waals surface area contributed by atoms with E-state index < -0.39 is 0 Å². The normalized spacial score (nSPS) is 15.1. The van der Waals surface area contributed by atoms with E-state index in [-0.39, 0.29) is 0 Å². The predicted molar refractivity (Wildman–Crippen MR) is 288 cm³/mol. The first-order valence-electron chi connectivity index (χ1n) is 29.4. The maximum Gasteiger partial charge on any atom is 0.0110 e. The van der Waals surface area contributed by atoms with Gasteiger partial charge in [0.2, 0.25) is 0 Å². The minimum Gasteiger partial charge on any atom is -0.301 e. The lowest BCUT2D eigenvalue weighted by molar-refractivity contribution is 0.213. The van der Waals surface area contributed by atoms with Crippen LogP contribution in [0, 0.1) is 0 Å². The molecule has 372 valence electrons. The molecule has 63 heavy (non-hydrogen) atoms.